The minimum atomic E-state index is -0.312. The van der Waals surface area contributed by atoms with E-state index in [2.05, 4.69) is 17.6 Å². The van der Waals surface area contributed by atoms with Crippen LogP contribution in [0, 0.1) is 0 Å². The molecule has 0 aliphatic rings. The Labute approximate surface area is 177 Å². The Morgan fingerprint density at radius 1 is 0.966 bits per heavy atom. The van der Waals surface area contributed by atoms with E-state index in [1.807, 2.05) is 31.2 Å². The molecule has 156 valence electrons. The summed E-state index contributed by atoms with van der Waals surface area (Å²) in [6.45, 7) is 6.29. The maximum Gasteiger partial charge on any atom is 0.257 e. The number of anilines is 1. The van der Waals surface area contributed by atoms with Gasteiger partial charge in [0.25, 0.3) is 5.91 Å². The van der Waals surface area contributed by atoms with Gasteiger partial charge in [0.05, 0.1) is 13.2 Å². The fourth-order valence-electron chi connectivity index (χ4n) is 2.43. The molecule has 2 aromatic rings. The average Bonchev–Trinajstić information content (AvgIpc) is 2.72. The largest absolute Gasteiger partial charge is 0.494 e. The number of rotatable bonds is 11. The standard InChI is InChI=1S/C22H28N2O4S/c1-3-5-12-27-20-11-7-9-18(16-20)23-22(29)24-21(25)17-8-6-10-19(15-17)28-14-13-26-4-2/h6-11,15-16H,3-5,12-14H2,1-2H3,(H2,23,24,25,29). The molecule has 2 rings (SSSR count). The fourth-order valence-corrected chi connectivity index (χ4v) is 2.64. The molecular formula is C22H28N2O4S. The van der Waals surface area contributed by atoms with E-state index in [0.717, 1.165) is 24.3 Å². The molecule has 0 spiro atoms. The molecule has 0 heterocycles. The maximum absolute atomic E-state index is 12.5. The van der Waals surface area contributed by atoms with E-state index in [1.165, 1.54) is 0 Å². The van der Waals surface area contributed by atoms with Gasteiger partial charge in [-0.3, -0.25) is 10.1 Å². The Kier molecular flexibility index (Phi) is 9.95. The molecule has 0 aliphatic carbocycles. The van der Waals surface area contributed by atoms with Crippen molar-refractivity contribution in [2.24, 2.45) is 0 Å². The van der Waals surface area contributed by atoms with Crippen LogP contribution in [0.3, 0.4) is 0 Å². The number of nitrogens with one attached hydrogen (secondary N) is 2. The predicted octanol–water partition coefficient (Wildman–Crippen LogP) is 4.41. The number of ether oxygens (including phenoxy) is 3. The van der Waals surface area contributed by atoms with Crippen molar-refractivity contribution in [1.29, 1.82) is 0 Å². The van der Waals surface area contributed by atoms with Crippen molar-refractivity contribution >= 4 is 28.9 Å². The number of hydrogen-bond acceptors (Lipinski definition) is 5. The summed E-state index contributed by atoms with van der Waals surface area (Å²) in [5, 5.41) is 5.90. The van der Waals surface area contributed by atoms with Crippen LogP contribution in [-0.2, 0) is 4.74 Å². The first-order chi connectivity index (χ1) is 14.1. The first-order valence-corrected chi connectivity index (χ1v) is 10.2. The highest BCUT2D eigenvalue weighted by Crippen LogP contribution is 2.18. The van der Waals surface area contributed by atoms with E-state index in [9.17, 15) is 4.79 Å². The number of hydrogen-bond donors (Lipinski definition) is 2. The summed E-state index contributed by atoms with van der Waals surface area (Å²) in [6.07, 6.45) is 2.08. The van der Waals surface area contributed by atoms with Gasteiger partial charge in [0, 0.05) is 23.9 Å². The van der Waals surface area contributed by atoms with Crippen molar-refractivity contribution in [1.82, 2.24) is 5.32 Å². The van der Waals surface area contributed by atoms with Crippen LogP contribution in [0.2, 0.25) is 0 Å². The SMILES string of the molecule is CCCCOc1cccc(NC(=S)NC(=O)c2cccc(OCCOCC)c2)c1. The van der Waals surface area contributed by atoms with Crippen LogP contribution in [0.1, 0.15) is 37.0 Å². The third kappa shape index (κ3) is 8.50. The van der Waals surface area contributed by atoms with Crippen LogP contribution in [0.15, 0.2) is 48.5 Å². The summed E-state index contributed by atoms with van der Waals surface area (Å²) in [5.74, 6) is 1.05. The molecule has 0 fully saturated rings. The third-order valence-corrected chi connectivity index (χ3v) is 4.09. The van der Waals surface area contributed by atoms with Gasteiger partial charge < -0.3 is 19.5 Å². The van der Waals surface area contributed by atoms with E-state index < -0.39 is 0 Å². The van der Waals surface area contributed by atoms with E-state index in [-0.39, 0.29) is 11.0 Å². The van der Waals surface area contributed by atoms with Crippen LogP contribution >= 0.6 is 12.2 Å². The second-order valence-corrected chi connectivity index (χ2v) is 6.62. The zero-order valence-corrected chi connectivity index (χ0v) is 17.7. The smallest absolute Gasteiger partial charge is 0.257 e. The van der Waals surface area contributed by atoms with Gasteiger partial charge in [0.15, 0.2) is 5.11 Å². The highest BCUT2D eigenvalue weighted by molar-refractivity contribution is 7.80. The Bertz CT molecular complexity index is 798. The predicted molar refractivity (Wildman–Crippen MR) is 119 cm³/mol. The fraction of sp³-hybridized carbons (Fsp3) is 0.364. The maximum atomic E-state index is 12.5. The van der Waals surface area contributed by atoms with Gasteiger partial charge in [0.2, 0.25) is 0 Å². The monoisotopic (exact) mass is 416 g/mol. The van der Waals surface area contributed by atoms with Gasteiger partial charge in [-0.15, -0.1) is 0 Å². The minimum Gasteiger partial charge on any atom is -0.494 e. The average molecular weight is 417 g/mol. The van der Waals surface area contributed by atoms with Crippen molar-refractivity contribution < 1.29 is 19.0 Å². The molecule has 0 aliphatic heterocycles. The molecule has 6 nitrogen and oxygen atoms in total. The second-order valence-electron chi connectivity index (χ2n) is 6.21. The number of amides is 1. The molecule has 1 amide bonds. The Hall–Kier alpha value is -2.64. The third-order valence-electron chi connectivity index (χ3n) is 3.88. The summed E-state index contributed by atoms with van der Waals surface area (Å²) >= 11 is 5.26. The lowest BCUT2D eigenvalue weighted by atomic mass is 10.2. The second kappa shape index (κ2) is 12.7. The normalized spacial score (nSPS) is 10.3. The zero-order chi connectivity index (χ0) is 20.9. The first kappa shape index (κ1) is 22.6. The molecule has 2 N–H and O–H groups in total. The molecule has 0 saturated carbocycles. The lowest BCUT2D eigenvalue weighted by Crippen LogP contribution is -2.34. The quantitative estimate of drug-likeness (QED) is 0.418. The van der Waals surface area contributed by atoms with Crippen molar-refractivity contribution in [2.45, 2.75) is 26.7 Å². The van der Waals surface area contributed by atoms with Gasteiger partial charge in [-0.2, -0.15) is 0 Å². The molecule has 0 bridgehead atoms. The van der Waals surface area contributed by atoms with Gasteiger partial charge in [0.1, 0.15) is 18.1 Å². The van der Waals surface area contributed by atoms with Crippen LogP contribution in [0.4, 0.5) is 5.69 Å². The van der Waals surface area contributed by atoms with Gasteiger partial charge in [-0.05, 0) is 55.9 Å². The molecule has 2 aromatic carbocycles. The summed E-state index contributed by atoms with van der Waals surface area (Å²) in [4.78, 5) is 12.5. The van der Waals surface area contributed by atoms with Crippen molar-refractivity contribution in [3.05, 3.63) is 54.1 Å². The molecule has 0 radical (unpaired) electrons. The van der Waals surface area contributed by atoms with E-state index in [0.29, 0.717) is 37.7 Å². The molecule has 29 heavy (non-hydrogen) atoms. The molecule has 0 aromatic heterocycles. The van der Waals surface area contributed by atoms with Gasteiger partial charge >= 0.3 is 0 Å². The Balaban J connectivity index is 1.87. The van der Waals surface area contributed by atoms with Crippen LogP contribution in [-0.4, -0.2) is 37.4 Å². The van der Waals surface area contributed by atoms with E-state index in [4.69, 9.17) is 26.4 Å². The number of benzene rings is 2. The number of carbonyl (C=O) groups excluding carboxylic acids is 1. The topological polar surface area (TPSA) is 68.8 Å². The first-order valence-electron chi connectivity index (χ1n) is 9.78. The molecule has 0 saturated heterocycles. The van der Waals surface area contributed by atoms with E-state index >= 15 is 0 Å². The number of unbranched alkanes of at least 4 members (excludes halogenated alkanes) is 1. The lowest BCUT2D eigenvalue weighted by molar-refractivity contribution is 0.0976. The molecule has 7 heteroatoms. The van der Waals surface area contributed by atoms with E-state index in [1.54, 1.807) is 24.3 Å². The van der Waals surface area contributed by atoms with Crippen molar-refractivity contribution in [2.75, 3.05) is 31.7 Å². The molecule has 0 unspecified atom stereocenters. The minimum absolute atomic E-state index is 0.211. The number of carbonyl (C=O) groups is 1. The summed E-state index contributed by atoms with van der Waals surface area (Å²) in [7, 11) is 0. The van der Waals surface area contributed by atoms with Crippen LogP contribution < -0.4 is 20.1 Å². The van der Waals surface area contributed by atoms with Crippen molar-refractivity contribution in [3.63, 3.8) is 0 Å². The molecule has 0 atom stereocenters. The molecular weight excluding hydrogens is 388 g/mol. The van der Waals surface area contributed by atoms with Gasteiger partial charge in [-0.25, -0.2) is 0 Å². The highest BCUT2D eigenvalue weighted by atomic mass is 32.1. The van der Waals surface area contributed by atoms with Crippen LogP contribution in [0.5, 0.6) is 11.5 Å². The zero-order valence-electron chi connectivity index (χ0n) is 16.9. The summed E-state index contributed by atoms with van der Waals surface area (Å²) in [5.41, 5.74) is 1.21. The highest BCUT2D eigenvalue weighted by Gasteiger charge is 2.09. The number of thiocarbonyl (C=S) groups is 1. The Morgan fingerprint density at radius 2 is 1.69 bits per heavy atom. The van der Waals surface area contributed by atoms with Gasteiger partial charge in [-0.1, -0.05) is 25.5 Å². The van der Waals surface area contributed by atoms with Crippen LogP contribution in [0.25, 0.3) is 0 Å². The summed E-state index contributed by atoms with van der Waals surface area (Å²) < 4.78 is 16.5. The lowest BCUT2D eigenvalue weighted by Gasteiger charge is -2.12. The summed E-state index contributed by atoms with van der Waals surface area (Å²) in [6, 6.07) is 14.4. The Morgan fingerprint density at radius 3 is 2.45 bits per heavy atom. The van der Waals surface area contributed by atoms with Crippen molar-refractivity contribution in [3.8, 4) is 11.5 Å².